The molecule has 0 spiro atoms. The number of thioether (sulfide) groups is 1. The first-order valence-electron chi connectivity index (χ1n) is 8.19. The van der Waals surface area contributed by atoms with Crippen molar-refractivity contribution in [3.05, 3.63) is 34.4 Å². The molecule has 1 unspecified atom stereocenters. The predicted molar refractivity (Wildman–Crippen MR) is 101 cm³/mol. The summed E-state index contributed by atoms with van der Waals surface area (Å²) in [7, 11) is 1.81. The molecule has 0 bridgehead atoms. The molecule has 1 fully saturated rings. The van der Waals surface area contributed by atoms with Crippen molar-refractivity contribution in [1.82, 2.24) is 10.2 Å². The van der Waals surface area contributed by atoms with Gasteiger partial charge in [0, 0.05) is 62.0 Å². The molecule has 1 aromatic rings. The molecule has 1 aromatic carbocycles. The molecule has 1 aliphatic rings. The maximum Gasteiger partial charge on any atom is 0.269 e. The van der Waals surface area contributed by atoms with Crippen LogP contribution in [0, 0.1) is 10.1 Å². The third-order valence-electron chi connectivity index (χ3n) is 3.92. The van der Waals surface area contributed by atoms with Crippen LogP contribution in [0.15, 0.2) is 29.3 Å². The summed E-state index contributed by atoms with van der Waals surface area (Å²) in [5.74, 6) is 2.08. The summed E-state index contributed by atoms with van der Waals surface area (Å²) in [5, 5.41) is 17.9. The number of nitro groups is 1. The first kappa shape index (κ1) is 18.4. The summed E-state index contributed by atoms with van der Waals surface area (Å²) >= 11 is 2.04. The molecule has 8 heteroatoms. The monoisotopic (exact) mass is 351 g/mol. The van der Waals surface area contributed by atoms with Crippen LogP contribution in [0.1, 0.15) is 13.3 Å². The number of hydrogen-bond donors (Lipinski definition) is 2. The molecule has 0 radical (unpaired) electrons. The van der Waals surface area contributed by atoms with E-state index in [0.29, 0.717) is 5.25 Å². The highest BCUT2D eigenvalue weighted by molar-refractivity contribution is 8.00. The van der Waals surface area contributed by atoms with Gasteiger partial charge in [-0.25, -0.2) is 0 Å². The van der Waals surface area contributed by atoms with E-state index in [0.717, 1.165) is 43.6 Å². The summed E-state index contributed by atoms with van der Waals surface area (Å²) in [4.78, 5) is 16.9. The normalized spacial score (nSPS) is 18.3. The molecule has 24 heavy (non-hydrogen) atoms. The molecule has 1 heterocycles. The Kier molecular flexibility index (Phi) is 7.17. The number of aliphatic imine (C=N–C) groups is 1. The van der Waals surface area contributed by atoms with Crippen LogP contribution in [-0.2, 0) is 0 Å². The van der Waals surface area contributed by atoms with Crippen LogP contribution < -0.4 is 10.6 Å². The zero-order valence-corrected chi connectivity index (χ0v) is 15.0. The number of nitro benzene ring substituents is 1. The summed E-state index contributed by atoms with van der Waals surface area (Å²) in [5.41, 5.74) is 0.977. The van der Waals surface area contributed by atoms with E-state index in [1.165, 1.54) is 18.6 Å². The van der Waals surface area contributed by atoms with E-state index < -0.39 is 4.92 Å². The van der Waals surface area contributed by atoms with Crippen LogP contribution in [0.5, 0.6) is 0 Å². The molecule has 1 aliphatic heterocycles. The minimum absolute atomic E-state index is 0.104. The summed E-state index contributed by atoms with van der Waals surface area (Å²) in [6.07, 6.45) is 1.18. The molecule has 0 aromatic heterocycles. The van der Waals surface area contributed by atoms with E-state index in [2.05, 4.69) is 27.4 Å². The fraction of sp³-hybridized carbons (Fsp3) is 0.562. The van der Waals surface area contributed by atoms with E-state index in [-0.39, 0.29) is 5.69 Å². The van der Waals surface area contributed by atoms with Crippen molar-refractivity contribution in [2.24, 2.45) is 4.99 Å². The molecule has 1 atom stereocenters. The zero-order valence-electron chi connectivity index (χ0n) is 14.2. The van der Waals surface area contributed by atoms with E-state index in [4.69, 9.17) is 0 Å². The van der Waals surface area contributed by atoms with Gasteiger partial charge in [-0.2, -0.15) is 11.8 Å². The standard InChI is InChI=1S/C16H25N5O2S/c1-3-15-12-20(10-11-24-15)16(17-2)19-9-8-18-13-4-6-14(7-5-13)21(22)23/h4-7,15,18H,3,8-12H2,1-2H3,(H,17,19). The summed E-state index contributed by atoms with van der Waals surface area (Å²) in [6.45, 7) is 5.75. The van der Waals surface area contributed by atoms with Crippen molar-refractivity contribution in [3.8, 4) is 0 Å². The van der Waals surface area contributed by atoms with Crippen molar-refractivity contribution >= 4 is 29.1 Å². The van der Waals surface area contributed by atoms with Crippen molar-refractivity contribution in [3.63, 3.8) is 0 Å². The second-order valence-electron chi connectivity index (χ2n) is 5.55. The fourth-order valence-corrected chi connectivity index (χ4v) is 3.75. The highest BCUT2D eigenvalue weighted by Gasteiger charge is 2.21. The number of non-ortho nitro benzene ring substituents is 1. The lowest BCUT2D eigenvalue weighted by Crippen LogP contribution is -2.48. The lowest BCUT2D eigenvalue weighted by Gasteiger charge is -2.34. The number of benzene rings is 1. The van der Waals surface area contributed by atoms with Gasteiger partial charge in [-0.3, -0.25) is 15.1 Å². The van der Waals surface area contributed by atoms with Gasteiger partial charge in [0.2, 0.25) is 0 Å². The Morgan fingerprint density at radius 1 is 1.42 bits per heavy atom. The van der Waals surface area contributed by atoms with E-state index in [9.17, 15) is 10.1 Å². The quantitative estimate of drug-likeness (QED) is 0.269. The van der Waals surface area contributed by atoms with Gasteiger partial charge in [0.1, 0.15) is 0 Å². The first-order valence-corrected chi connectivity index (χ1v) is 9.24. The largest absolute Gasteiger partial charge is 0.383 e. The highest BCUT2D eigenvalue weighted by atomic mass is 32.2. The molecule has 0 aliphatic carbocycles. The van der Waals surface area contributed by atoms with Gasteiger partial charge in [0.25, 0.3) is 5.69 Å². The van der Waals surface area contributed by atoms with Crippen LogP contribution in [0.2, 0.25) is 0 Å². The lowest BCUT2D eigenvalue weighted by atomic mass is 10.3. The van der Waals surface area contributed by atoms with Crippen molar-refractivity contribution in [1.29, 1.82) is 0 Å². The molecular weight excluding hydrogens is 326 g/mol. The van der Waals surface area contributed by atoms with Crippen molar-refractivity contribution < 1.29 is 4.92 Å². The number of nitrogens with zero attached hydrogens (tertiary/aromatic N) is 3. The van der Waals surface area contributed by atoms with Gasteiger partial charge in [0.15, 0.2) is 5.96 Å². The third kappa shape index (κ3) is 5.30. The average Bonchev–Trinajstić information content (AvgIpc) is 2.62. The average molecular weight is 351 g/mol. The van der Waals surface area contributed by atoms with Crippen molar-refractivity contribution in [2.75, 3.05) is 44.3 Å². The predicted octanol–water partition coefficient (Wildman–Crippen LogP) is 2.41. The minimum atomic E-state index is -0.393. The van der Waals surface area contributed by atoms with Crippen LogP contribution >= 0.6 is 11.8 Å². The number of nitrogens with one attached hydrogen (secondary N) is 2. The number of anilines is 1. The van der Waals surface area contributed by atoms with Crippen LogP contribution in [0.3, 0.4) is 0 Å². The van der Waals surface area contributed by atoms with E-state index in [1.807, 2.05) is 18.8 Å². The second kappa shape index (κ2) is 9.36. The maximum absolute atomic E-state index is 10.6. The van der Waals surface area contributed by atoms with Gasteiger partial charge in [-0.05, 0) is 18.6 Å². The Labute approximate surface area is 147 Å². The molecule has 0 amide bonds. The number of hydrogen-bond acceptors (Lipinski definition) is 5. The molecular formula is C16H25N5O2S. The van der Waals surface area contributed by atoms with Crippen LogP contribution in [-0.4, -0.2) is 60.0 Å². The van der Waals surface area contributed by atoms with Crippen LogP contribution in [0.25, 0.3) is 0 Å². The summed E-state index contributed by atoms with van der Waals surface area (Å²) < 4.78 is 0. The van der Waals surface area contributed by atoms with E-state index in [1.54, 1.807) is 12.1 Å². The Bertz CT molecular complexity index is 564. The van der Waals surface area contributed by atoms with Gasteiger partial charge in [0.05, 0.1) is 4.92 Å². The molecule has 132 valence electrons. The Morgan fingerprint density at radius 3 is 2.79 bits per heavy atom. The molecule has 0 saturated carbocycles. The van der Waals surface area contributed by atoms with Gasteiger partial charge < -0.3 is 15.5 Å². The smallest absolute Gasteiger partial charge is 0.269 e. The fourth-order valence-electron chi connectivity index (χ4n) is 2.57. The zero-order chi connectivity index (χ0) is 17.4. The third-order valence-corrected chi connectivity index (χ3v) is 5.29. The maximum atomic E-state index is 10.6. The second-order valence-corrected chi connectivity index (χ2v) is 6.96. The lowest BCUT2D eigenvalue weighted by molar-refractivity contribution is -0.384. The van der Waals surface area contributed by atoms with Crippen molar-refractivity contribution in [2.45, 2.75) is 18.6 Å². The molecule has 7 nitrogen and oxygen atoms in total. The Morgan fingerprint density at radius 2 is 2.17 bits per heavy atom. The summed E-state index contributed by atoms with van der Waals surface area (Å²) in [6, 6.07) is 6.46. The Balaban J connectivity index is 1.75. The number of guanidine groups is 1. The highest BCUT2D eigenvalue weighted by Crippen LogP contribution is 2.21. The van der Waals surface area contributed by atoms with E-state index >= 15 is 0 Å². The molecule has 2 rings (SSSR count). The molecule has 1 saturated heterocycles. The van der Waals surface area contributed by atoms with Gasteiger partial charge in [-0.15, -0.1) is 0 Å². The topological polar surface area (TPSA) is 82.8 Å². The Hall–Kier alpha value is -1.96. The first-order chi connectivity index (χ1) is 11.6. The van der Waals surface area contributed by atoms with Gasteiger partial charge >= 0.3 is 0 Å². The van der Waals surface area contributed by atoms with Gasteiger partial charge in [-0.1, -0.05) is 6.92 Å². The number of rotatable bonds is 6. The minimum Gasteiger partial charge on any atom is -0.383 e. The SMILES string of the molecule is CCC1CN(C(=NC)NCCNc2ccc([N+](=O)[O-])cc2)CCS1. The molecule has 2 N–H and O–H groups in total. The van der Waals surface area contributed by atoms with Crippen LogP contribution in [0.4, 0.5) is 11.4 Å².